The van der Waals surface area contributed by atoms with Crippen LogP contribution in [0.3, 0.4) is 0 Å². The van der Waals surface area contributed by atoms with Gasteiger partial charge in [-0.2, -0.15) is 0 Å². The number of hydrogen-bond acceptors (Lipinski definition) is 5. The molecule has 3 aromatic rings. The van der Waals surface area contributed by atoms with E-state index < -0.39 is 30.1 Å². The zero-order valence-electron chi connectivity index (χ0n) is 27.7. The number of rotatable bonds is 16. The number of fused-ring (bicyclic) bond motifs is 1. The standard InChI is InChI=1S/C38H49N3O5/c1-6-25(2)34(37(43)39-5)41-36(42)32(45-23-28-15-9-7-10-16-28)22-27(4)35(46-24-29-17-11-8-12-18-29)38(44)40-33-26(3)21-30-19-13-14-20-31(30)33/h7-20,25-27,32-35H,6,21-24H2,1-5H3,(H,39,43)(H,40,44)(H,41,42). The van der Waals surface area contributed by atoms with Gasteiger partial charge in [-0.05, 0) is 52.8 Å². The van der Waals surface area contributed by atoms with E-state index in [0.29, 0.717) is 6.42 Å². The van der Waals surface area contributed by atoms with E-state index in [9.17, 15) is 14.4 Å². The molecular formula is C38H49N3O5. The van der Waals surface area contributed by atoms with Crippen molar-refractivity contribution in [2.45, 2.75) is 84.5 Å². The van der Waals surface area contributed by atoms with E-state index in [0.717, 1.165) is 23.1 Å². The highest BCUT2D eigenvalue weighted by molar-refractivity contribution is 5.89. The smallest absolute Gasteiger partial charge is 0.249 e. The second kappa shape index (κ2) is 17.1. The van der Waals surface area contributed by atoms with Gasteiger partial charge in [0.2, 0.25) is 17.7 Å². The Balaban J connectivity index is 1.56. The van der Waals surface area contributed by atoms with Crippen LogP contribution in [-0.2, 0) is 43.5 Å². The molecule has 0 heterocycles. The van der Waals surface area contributed by atoms with E-state index in [1.165, 1.54) is 5.56 Å². The van der Waals surface area contributed by atoms with Crippen LogP contribution >= 0.6 is 0 Å². The summed E-state index contributed by atoms with van der Waals surface area (Å²) >= 11 is 0. The Morgan fingerprint density at radius 2 is 1.37 bits per heavy atom. The molecule has 246 valence electrons. The van der Waals surface area contributed by atoms with Gasteiger partial charge in [0.25, 0.3) is 0 Å². The first-order valence-corrected chi connectivity index (χ1v) is 16.4. The van der Waals surface area contributed by atoms with Crippen LogP contribution in [-0.4, -0.2) is 43.0 Å². The molecule has 7 atom stereocenters. The molecule has 3 aromatic carbocycles. The molecule has 3 amide bonds. The third kappa shape index (κ3) is 9.27. The summed E-state index contributed by atoms with van der Waals surface area (Å²) in [6.07, 6.45) is 0.0457. The maximum absolute atomic E-state index is 14.1. The van der Waals surface area contributed by atoms with Crippen molar-refractivity contribution in [1.82, 2.24) is 16.0 Å². The number of carbonyl (C=O) groups excluding carboxylic acids is 3. The average molecular weight is 628 g/mol. The van der Waals surface area contributed by atoms with Gasteiger partial charge in [-0.1, -0.05) is 119 Å². The van der Waals surface area contributed by atoms with Crippen LogP contribution < -0.4 is 16.0 Å². The topological polar surface area (TPSA) is 106 Å². The van der Waals surface area contributed by atoms with Crippen LogP contribution in [0.25, 0.3) is 0 Å². The molecule has 0 radical (unpaired) electrons. The molecule has 8 heteroatoms. The van der Waals surface area contributed by atoms with Crippen LogP contribution in [0.15, 0.2) is 84.9 Å². The third-order valence-electron chi connectivity index (χ3n) is 9.06. The van der Waals surface area contributed by atoms with Gasteiger partial charge in [0.1, 0.15) is 18.2 Å². The Labute approximate surface area is 273 Å². The largest absolute Gasteiger partial charge is 0.364 e. The molecule has 0 aromatic heterocycles. The fraction of sp³-hybridized carbons (Fsp3) is 0.447. The molecule has 0 bridgehead atoms. The van der Waals surface area contributed by atoms with Gasteiger partial charge in [0.15, 0.2) is 0 Å². The molecular weight excluding hydrogens is 578 g/mol. The first-order valence-electron chi connectivity index (χ1n) is 16.4. The van der Waals surface area contributed by atoms with E-state index in [1.807, 2.05) is 93.6 Å². The molecule has 4 rings (SSSR count). The van der Waals surface area contributed by atoms with Gasteiger partial charge in [0.05, 0.1) is 19.3 Å². The monoisotopic (exact) mass is 627 g/mol. The van der Waals surface area contributed by atoms with Gasteiger partial charge < -0.3 is 25.4 Å². The fourth-order valence-electron chi connectivity index (χ4n) is 6.10. The molecule has 1 aliphatic carbocycles. The minimum atomic E-state index is -0.923. The summed E-state index contributed by atoms with van der Waals surface area (Å²) in [5, 5.41) is 8.89. The minimum absolute atomic E-state index is 0.0832. The second-order valence-corrected chi connectivity index (χ2v) is 12.6. The van der Waals surface area contributed by atoms with Crippen LogP contribution in [0.4, 0.5) is 0 Å². The lowest BCUT2D eigenvalue weighted by atomic mass is 9.93. The number of ether oxygens (including phenoxy) is 2. The van der Waals surface area contributed by atoms with Gasteiger partial charge in [0, 0.05) is 7.05 Å². The number of hydrogen-bond donors (Lipinski definition) is 3. The summed E-state index contributed by atoms with van der Waals surface area (Å²) in [5.41, 5.74) is 4.24. The molecule has 0 aliphatic heterocycles. The highest BCUT2D eigenvalue weighted by atomic mass is 16.5. The van der Waals surface area contributed by atoms with Crippen LogP contribution in [0, 0.1) is 17.8 Å². The van der Waals surface area contributed by atoms with Crippen molar-refractivity contribution in [2.75, 3.05) is 7.05 Å². The highest BCUT2D eigenvalue weighted by Gasteiger charge is 2.37. The van der Waals surface area contributed by atoms with Crippen molar-refractivity contribution in [2.24, 2.45) is 17.8 Å². The summed E-state index contributed by atoms with van der Waals surface area (Å²) < 4.78 is 12.6. The van der Waals surface area contributed by atoms with Gasteiger partial charge in [-0.15, -0.1) is 0 Å². The van der Waals surface area contributed by atoms with Crippen molar-refractivity contribution in [3.8, 4) is 0 Å². The maximum Gasteiger partial charge on any atom is 0.249 e. The molecule has 0 fully saturated rings. The van der Waals surface area contributed by atoms with Crippen LogP contribution in [0.5, 0.6) is 0 Å². The lowest BCUT2D eigenvalue weighted by molar-refractivity contribution is -0.144. The molecule has 0 saturated heterocycles. The Morgan fingerprint density at radius 1 is 0.783 bits per heavy atom. The molecule has 3 N–H and O–H groups in total. The number of carbonyl (C=O) groups is 3. The number of amides is 3. The number of nitrogens with one attached hydrogen (secondary N) is 3. The van der Waals surface area contributed by atoms with Crippen molar-refractivity contribution in [3.05, 3.63) is 107 Å². The van der Waals surface area contributed by atoms with E-state index in [-0.39, 0.29) is 49.3 Å². The molecule has 0 spiro atoms. The van der Waals surface area contributed by atoms with E-state index >= 15 is 0 Å². The summed E-state index contributed by atoms with van der Waals surface area (Å²) in [6, 6.07) is 26.7. The van der Waals surface area contributed by atoms with E-state index in [4.69, 9.17) is 9.47 Å². The molecule has 46 heavy (non-hydrogen) atoms. The fourth-order valence-corrected chi connectivity index (χ4v) is 6.10. The summed E-state index contributed by atoms with van der Waals surface area (Å²) in [6.45, 7) is 8.43. The quantitative estimate of drug-likeness (QED) is 0.194. The van der Waals surface area contributed by atoms with Crippen molar-refractivity contribution >= 4 is 17.7 Å². The molecule has 1 aliphatic rings. The zero-order valence-corrected chi connectivity index (χ0v) is 27.7. The lowest BCUT2D eigenvalue weighted by Crippen LogP contribution is -2.53. The summed E-state index contributed by atoms with van der Waals surface area (Å²) in [4.78, 5) is 40.6. The zero-order chi connectivity index (χ0) is 33.1. The van der Waals surface area contributed by atoms with Crippen LogP contribution in [0.2, 0.25) is 0 Å². The van der Waals surface area contributed by atoms with Gasteiger partial charge in [-0.25, -0.2) is 0 Å². The average Bonchev–Trinajstić information content (AvgIpc) is 3.39. The van der Waals surface area contributed by atoms with Gasteiger partial charge >= 0.3 is 0 Å². The Hall–Kier alpha value is -4.01. The van der Waals surface area contributed by atoms with E-state index in [1.54, 1.807) is 7.05 Å². The molecule has 0 saturated carbocycles. The maximum atomic E-state index is 14.1. The molecule has 7 unspecified atom stereocenters. The predicted molar refractivity (Wildman–Crippen MR) is 179 cm³/mol. The van der Waals surface area contributed by atoms with Crippen LogP contribution in [0.1, 0.15) is 68.8 Å². The van der Waals surface area contributed by atoms with E-state index in [2.05, 4.69) is 35.0 Å². The first-order chi connectivity index (χ1) is 22.2. The SMILES string of the molecule is CCC(C)C(NC(=O)C(CC(C)C(OCc1ccccc1)C(=O)NC1c2ccccc2CC1C)OCc1ccccc1)C(=O)NC. The number of likely N-dealkylation sites (N-methyl/N-ethyl adjacent to an activating group) is 1. The minimum Gasteiger partial charge on any atom is -0.364 e. The second-order valence-electron chi connectivity index (χ2n) is 12.6. The Morgan fingerprint density at radius 3 is 1.98 bits per heavy atom. The first kappa shape index (κ1) is 34.9. The van der Waals surface area contributed by atoms with Crippen molar-refractivity contribution in [1.29, 1.82) is 0 Å². The highest BCUT2D eigenvalue weighted by Crippen LogP contribution is 2.36. The van der Waals surface area contributed by atoms with Crippen molar-refractivity contribution < 1.29 is 23.9 Å². The number of benzene rings is 3. The van der Waals surface area contributed by atoms with Crippen molar-refractivity contribution in [3.63, 3.8) is 0 Å². The third-order valence-corrected chi connectivity index (χ3v) is 9.06. The summed E-state index contributed by atoms with van der Waals surface area (Å²) in [7, 11) is 1.56. The Kier molecular flexibility index (Phi) is 12.9. The lowest BCUT2D eigenvalue weighted by Gasteiger charge is -2.30. The summed E-state index contributed by atoms with van der Waals surface area (Å²) in [5.74, 6) is -1.11. The predicted octanol–water partition coefficient (Wildman–Crippen LogP) is 5.51. The Bertz CT molecular complexity index is 1420. The normalized spacial score (nSPS) is 18.8. The molecule has 8 nitrogen and oxygen atoms in total. The van der Waals surface area contributed by atoms with Gasteiger partial charge in [-0.3, -0.25) is 14.4 Å².